The summed E-state index contributed by atoms with van der Waals surface area (Å²) >= 11 is 0. The number of carboxylic acids is 1. The van der Waals surface area contributed by atoms with E-state index in [4.69, 9.17) is 23.7 Å². The van der Waals surface area contributed by atoms with Crippen molar-refractivity contribution in [2.75, 3.05) is 6.61 Å². The summed E-state index contributed by atoms with van der Waals surface area (Å²) in [6.07, 6.45) is -2.52. The van der Waals surface area contributed by atoms with Gasteiger partial charge in [-0.25, -0.2) is 0 Å². The molecule has 1 unspecified atom stereocenters. The first-order valence-electron chi connectivity index (χ1n) is 18.4. The molecule has 8 heteroatoms. The molecule has 5 aromatic rings. The van der Waals surface area contributed by atoms with E-state index in [2.05, 4.69) is 11.9 Å². The molecule has 8 nitrogen and oxygen atoms in total. The molecule has 1 fully saturated rings. The van der Waals surface area contributed by atoms with Crippen LogP contribution in [0.3, 0.4) is 0 Å². The Kier molecular flexibility index (Phi) is 14.3. The lowest BCUT2D eigenvalue weighted by Gasteiger charge is -2.51. The first kappa shape index (κ1) is 38.8. The van der Waals surface area contributed by atoms with Crippen LogP contribution in [0.4, 0.5) is 0 Å². The molecule has 0 bridgehead atoms. The average molecular weight is 728 g/mol. The summed E-state index contributed by atoms with van der Waals surface area (Å²) in [5, 5.41) is 14.7. The van der Waals surface area contributed by atoms with E-state index < -0.39 is 42.0 Å². The van der Waals surface area contributed by atoms with Crippen molar-refractivity contribution in [1.82, 2.24) is 5.32 Å². The maximum absolute atomic E-state index is 13.8. The van der Waals surface area contributed by atoms with Gasteiger partial charge in [0.2, 0.25) is 0 Å². The number of benzene rings is 5. The molecule has 0 spiro atoms. The van der Waals surface area contributed by atoms with E-state index in [1.54, 1.807) is 6.08 Å². The van der Waals surface area contributed by atoms with Crippen LogP contribution in [0, 0.1) is 0 Å². The molecule has 0 aliphatic carbocycles. The fourth-order valence-corrected chi connectivity index (χ4v) is 6.84. The Morgan fingerprint density at radius 2 is 1.02 bits per heavy atom. The molecule has 280 valence electrons. The Morgan fingerprint density at radius 1 is 0.611 bits per heavy atom. The number of hydrogen-bond acceptors (Lipinski definition) is 7. The second-order valence-corrected chi connectivity index (χ2v) is 13.5. The summed E-state index contributed by atoms with van der Waals surface area (Å²) < 4.78 is 33.9. The van der Waals surface area contributed by atoms with Crippen LogP contribution in [-0.2, 0) is 61.5 Å². The fourth-order valence-electron chi connectivity index (χ4n) is 6.84. The minimum Gasteiger partial charge on any atom is -0.480 e. The normalized spacial score (nSPS) is 20.9. The highest BCUT2D eigenvalue weighted by Crippen LogP contribution is 2.37. The van der Waals surface area contributed by atoms with E-state index >= 15 is 0 Å². The molecule has 1 heterocycles. The van der Waals surface area contributed by atoms with Crippen LogP contribution < -0.4 is 5.32 Å². The molecule has 6 rings (SSSR count). The molecule has 2 N–H and O–H groups in total. The maximum atomic E-state index is 13.8. The number of carbonyl (C=O) groups is 1. The molecule has 0 aromatic heterocycles. The van der Waals surface area contributed by atoms with E-state index in [1.807, 2.05) is 152 Å². The van der Waals surface area contributed by atoms with Gasteiger partial charge in [0.25, 0.3) is 0 Å². The van der Waals surface area contributed by atoms with Crippen LogP contribution in [0.25, 0.3) is 0 Å². The molecule has 1 aliphatic rings. The number of aliphatic carboxylic acids is 1. The quantitative estimate of drug-likeness (QED) is 0.0782. The fraction of sp³-hybridized carbons (Fsp3) is 0.283. The number of rotatable bonds is 20. The lowest BCUT2D eigenvalue weighted by atomic mass is 9.79. The van der Waals surface area contributed by atoms with Crippen LogP contribution >= 0.6 is 0 Å². The summed E-state index contributed by atoms with van der Waals surface area (Å²) in [6.45, 7) is 5.42. The van der Waals surface area contributed by atoms with Gasteiger partial charge < -0.3 is 28.8 Å². The molecule has 0 amide bonds. The van der Waals surface area contributed by atoms with Crippen LogP contribution in [0.1, 0.15) is 34.2 Å². The Balaban J connectivity index is 1.42. The molecule has 1 aliphatic heterocycles. The zero-order chi connectivity index (χ0) is 37.4. The standard InChI is InChI=1S/C46H49NO7/c1-2-28-46(45(48)49,47-29-35-18-8-3-9-19-35)44-43(53-33-39-26-16-7-17-27-39)42(52-32-38-24-14-6-15-25-38)41(51-31-37-22-12-5-13-23-37)40(54-44)34-50-30-36-20-10-4-11-21-36/h2-27,40-44,47H,1,28-34H2,(H,48,49)/t40-,41-,42+,43-,44-,46?/m1/s1. The van der Waals surface area contributed by atoms with Gasteiger partial charge in [0.15, 0.2) is 0 Å². The monoisotopic (exact) mass is 727 g/mol. The summed E-state index contributed by atoms with van der Waals surface area (Å²) in [5.74, 6) is -1.09. The van der Waals surface area contributed by atoms with Gasteiger partial charge in [0.05, 0.1) is 33.0 Å². The summed E-state index contributed by atoms with van der Waals surface area (Å²) in [6, 6.07) is 49.2. The predicted molar refractivity (Wildman–Crippen MR) is 208 cm³/mol. The third kappa shape index (κ3) is 10.4. The van der Waals surface area contributed by atoms with Crippen molar-refractivity contribution in [3.05, 3.63) is 192 Å². The van der Waals surface area contributed by atoms with Gasteiger partial charge in [0.1, 0.15) is 36.1 Å². The average Bonchev–Trinajstić information content (AvgIpc) is 3.22. The zero-order valence-corrected chi connectivity index (χ0v) is 30.5. The Morgan fingerprint density at radius 3 is 1.46 bits per heavy atom. The highest BCUT2D eigenvalue weighted by atomic mass is 16.6. The molecule has 54 heavy (non-hydrogen) atoms. The van der Waals surface area contributed by atoms with Gasteiger partial charge in [-0.1, -0.05) is 158 Å². The Bertz CT molecular complexity index is 1830. The van der Waals surface area contributed by atoms with Crippen LogP contribution in [0.5, 0.6) is 0 Å². The van der Waals surface area contributed by atoms with Gasteiger partial charge in [-0.2, -0.15) is 0 Å². The minimum atomic E-state index is -1.67. The van der Waals surface area contributed by atoms with Crippen molar-refractivity contribution in [3.63, 3.8) is 0 Å². The van der Waals surface area contributed by atoms with Crippen molar-refractivity contribution in [3.8, 4) is 0 Å². The number of ether oxygens (including phenoxy) is 5. The maximum Gasteiger partial charge on any atom is 0.327 e. The van der Waals surface area contributed by atoms with Crippen LogP contribution in [-0.4, -0.2) is 53.7 Å². The SMILES string of the molecule is C=CCC(NCc1ccccc1)(C(=O)O)[C@@H]1O[C@H](COCc2ccccc2)[C@@H](OCc2ccccc2)[C@H](OCc2ccccc2)[C@H]1OCc1ccccc1. The lowest BCUT2D eigenvalue weighted by molar-refractivity contribution is -0.285. The highest BCUT2D eigenvalue weighted by Gasteiger charge is 2.58. The van der Waals surface area contributed by atoms with E-state index in [0.717, 1.165) is 27.8 Å². The Labute approximate surface area is 318 Å². The Hall–Kier alpha value is -4.93. The molecule has 0 radical (unpaired) electrons. The molecule has 5 aromatic carbocycles. The molecular weight excluding hydrogens is 679 g/mol. The van der Waals surface area contributed by atoms with E-state index in [9.17, 15) is 9.90 Å². The van der Waals surface area contributed by atoms with Crippen LogP contribution in [0.15, 0.2) is 164 Å². The predicted octanol–water partition coefficient (Wildman–Crippen LogP) is 7.92. The third-order valence-electron chi connectivity index (χ3n) is 9.67. The second kappa shape index (κ2) is 19.9. The van der Waals surface area contributed by atoms with E-state index in [0.29, 0.717) is 6.61 Å². The molecule has 6 atom stereocenters. The number of hydrogen-bond donors (Lipinski definition) is 2. The smallest absolute Gasteiger partial charge is 0.327 e. The van der Waals surface area contributed by atoms with Crippen molar-refractivity contribution >= 4 is 5.97 Å². The summed E-state index contributed by atoms with van der Waals surface area (Å²) in [7, 11) is 0. The second-order valence-electron chi connectivity index (χ2n) is 13.5. The lowest BCUT2D eigenvalue weighted by Crippen LogP contribution is -2.72. The topological polar surface area (TPSA) is 95.5 Å². The molecular formula is C46H49NO7. The molecule has 0 saturated carbocycles. The van der Waals surface area contributed by atoms with Gasteiger partial charge in [0, 0.05) is 6.54 Å². The third-order valence-corrected chi connectivity index (χ3v) is 9.67. The van der Waals surface area contributed by atoms with Gasteiger partial charge in [-0.15, -0.1) is 6.58 Å². The van der Waals surface area contributed by atoms with Crippen molar-refractivity contribution in [2.45, 2.75) is 75.5 Å². The highest BCUT2D eigenvalue weighted by molar-refractivity contribution is 5.80. The van der Waals surface area contributed by atoms with Crippen molar-refractivity contribution in [2.24, 2.45) is 0 Å². The zero-order valence-electron chi connectivity index (χ0n) is 30.5. The van der Waals surface area contributed by atoms with Gasteiger partial charge in [-0.3, -0.25) is 10.1 Å². The summed E-state index contributed by atoms with van der Waals surface area (Å²) in [4.78, 5) is 13.8. The molecule has 1 saturated heterocycles. The first-order valence-corrected chi connectivity index (χ1v) is 18.4. The number of carboxylic acid groups (broad SMARTS) is 1. The van der Waals surface area contributed by atoms with Crippen LogP contribution in [0.2, 0.25) is 0 Å². The largest absolute Gasteiger partial charge is 0.480 e. The van der Waals surface area contributed by atoms with Crippen molar-refractivity contribution < 1.29 is 33.6 Å². The minimum absolute atomic E-state index is 0.0452. The van der Waals surface area contributed by atoms with Gasteiger partial charge >= 0.3 is 5.97 Å². The summed E-state index contributed by atoms with van der Waals surface area (Å²) in [5.41, 5.74) is 3.11. The van der Waals surface area contributed by atoms with E-state index in [1.165, 1.54) is 0 Å². The van der Waals surface area contributed by atoms with E-state index in [-0.39, 0.29) is 39.4 Å². The van der Waals surface area contributed by atoms with Crippen molar-refractivity contribution in [1.29, 1.82) is 0 Å². The first-order chi connectivity index (χ1) is 26.6. The van der Waals surface area contributed by atoms with Gasteiger partial charge in [-0.05, 0) is 34.2 Å². The number of nitrogens with one attached hydrogen (secondary N) is 1.